The summed E-state index contributed by atoms with van der Waals surface area (Å²) in [5.74, 6) is 0.260. The molecule has 1 unspecified atom stereocenters. The van der Waals surface area contributed by atoms with Crippen molar-refractivity contribution in [3.63, 3.8) is 0 Å². The molecule has 5 nitrogen and oxygen atoms in total. The van der Waals surface area contributed by atoms with Crippen LogP contribution in [-0.2, 0) is 0 Å². The first-order chi connectivity index (χ1) is 11.0. The van der Waals surface area contributed by atoms with Crippen LogP contribution in [0.2, 0.25) is 5.02 Å². The maximum atomic E-state index is 12.1. The lowest BCUT2D eigenvalue weighted by Gasteiger charge is -2.16. The molecule has 6 heteroatoms. The summed E-state index contributed by atoms with van der Waals surface area (Å²) in [6.07, 6.45) is 5.81. The van der Waals surface area contributed by atoms with Gasteiger partial charge in [0.05, 0.1) is 5.56 Å². The molecule has 0 aliphatic carbocycles. The van der Waals surface area contributed by atoms with E-state index in [1.54, 1.807) is 0 Å². The fourth-order valence-electron chi connectivity index (χ4n) is 2.91. The van der Waals surface area contributed by atoms with Gasteiger partial charge < -0.3 is 10.3 Å². The van der Waals surface area contributed by atoms with E-state index < -0.39 is 0 Å². The van der Waals surface area contributed by atoms with E-state index >= 15 is 0 Å². The predicted octanol–water partition coefficient (Wildman–Crippen LogP) is 2.44. The molecule has 1 amide bonds. The lowest BCUT2D eigenvalue weighted by molar-refractivity contribution is 0.0947. The standard InChI is InChI=1S/C17H24ClN3O2/c1-3-4-12(2)10-21-6-5-13(11-21)8-19-16(22)14-7-15(18)17(23)20-9-14/h4,7,9,13H,3,5-6,8,10-11H2,1-2H3,(H,19,22)(H,20,23)/b12-4+. The Labute approximate surface area is 141 Å². The van der Waals surface area contributed by atoms with Gasteiger partial charge >= 0.3 is 0 Å². The van der Waals surface area contributed by atoms with Crippen LogP contribution in [0.25, 0.3) is 0 Å². The Balaban J connectivity index is 1.80. The molecule has 1 aliphatic heterocycles. The van der Waals surface area contributed by atoms with Gasteiger partial charge in [-0.25, -0.2) is 0 Å². The zero-order valence-electron chi connectivity index (χ0n) is 13.7. The summed E-state index contributed by atoms with van der Waals surface area (Å²) in [6, 6.07) is 1.40. The summed E-state index contributed by atoms with van der Waals surface area (Å²) >= 11 is 5.74. The minimum atomic E-state index is -0.384. The van der Waals surface area contributed by atoms with Crippen molar-refractivity contribution in [2.24, 2.45) is 5.92 Å². The van der Waals surface area contributed by atoms with Crippen molar-refractivity contribution in [1.82, 2.24) is 15.2 Å². The molecular weight excluding hydrogens is 314 g/mol. The number of aromatic amines is 1. The third-order valence-electron chi connectivity index (χ3n) is 4.07. The zero-order valence-corrected chi connectivity index (χ0v) is 14.4. The van der Waals surface area contributed by atoms with E-state index in [4.69, 9.17) is 11.6 Å². The second kappa shape index (κ2) is 8.31. The maximum Gasteiger partial charge on any atom is 0.266 e. The number of amides is 1. The van der Waals surface area contributed by atoms with Crippen LogP contribution in [0.5, 0.6) is 0 Å². The van der Waals surface area contributed by atoms with Gasteiger partial charge in [-0.05, 0) is 38.3 Å². The molecule has 0 saturated carbocycles. The molecule has 2 N–H and O–H groups in total. The highest BCUT2D eigenvalue weighted by Crippen LogP contribution is 2.17. The molecule has 1 aromatic heterocycles. The molecule has 126 valence electrons. The van der Waals surface area contributed by atoms with Crippen LogP contribution >= 0.6 is 11.6 Å². The molecular formula is C17H24ClN3O2. The number of likely N-dealkylation sites (tertiary alicyclic amines) is 1. The number of carbonyl (C=O) groups is 1. The van der Waals surface area contributed by atoms with Gasteiger partial charge in [-0.3, -0.25) is 14.5 Å². The van der Waals surface area contributed by atoms with Crippen molar-refractivity contribution < 1.29 is 4.79 Å². The smallest absolute Gasteiger partial charge is 0.266 e. The highest BCUT2D eigenvalue weighted by molar-refractivity contribution is 6.30. The van der Waals surface area contributed by atoms with E-state index in [0.717, 1.165) is 32.5 Å². The van der Waals surface area contributed by atoms with E-state index in [2.05, 4.69) is 35.1 Å². The minimum Gasteiger partial charge on any atom is -0.352 e. The summed E-state index contributed by atoms with van der Waals surface area (Å²) in [4.78, 5) is 28.2. The number of halogens is 1. The number of aromatic nitrogens is 1. The van der Waals surface area contributed by atoms with E-state index in [-0.39, 0.29) is 16.5 Å². The van der Waals surface area contributed by atoms with Crippen molar-refractivity contribution in [1.29, 1.82) is 0 Å². The molecule has 2 rings (SSSR count). The summed E-state index contributed by atoms with van der Waals surface area (Å²) < 4.78 is 0. The first kappa shape index (κ1) is 17.8. The van der Waals surface area contributed by atoms with E-state index in [1.807, 2.05) is 0 Å². The molecule has 1 fully saturated rings. The summed E-state index contributed by atoms with van der Waals surface area (Å²) in [5.41, 5.74) is 1.40. The van der Waals surface area contributed by atoms with Crippen LogP contribution in [0.15, 0.2) is 28.7 Å². The van der Waals surface area contributed by atoms with Gasteiger partial charge in [0.15, 0.2) is 0 Å². The third kappa shape index (κ3) is 5.22. The SMILES string of the molecule is CC/C=C(\C)CN1CCC(CNC(=O)c2c[nH]c(=O)c(Cl)c2)C1. The Kier molecular flexibility index (Phi) is 6.42. The number of carbonyl (C=O) groups excluding carboxylic acids is 1. The van der Waals surface area contributed by atoms with Crippen LogP contribution in [0.1, 0.15) is 37.0 Å². The van der Waals surface area contributed by atoms with Crippen LogP contribution in [0, 0.1) is 5.92 Å². The first-order valence-electron chi connectivity index (χ1n) is 8.04. The van der Waals surface area contributed by atoms with Gasteiger partial charge in [0.2, 0.25) is 0 Å². The largest absolute Gasteiger partial charge is 0.352 e. The third-order valence-corrected chi connectivity index (χ3v) is 4.35. The number of H-pyrrole nitrogens is 1. The average Bonchev–Trinajstić information content (AvgIpc) is 2.95. The summed E-state index contributed by atoms with van der Waals surface area (Å²) in [5, 5.41) is 2.96. The maximum absolute atomic E-state index is 12.1. The monoisotopic (exact) mass is 337 g/mol. The minimum absolute atomic E-state index is 0.0304. The van der Waals surface area contributed by atoms with Gasteiger partial charge in [0, 0.05) is 25.8 Å². The van der Waals surface area contributed by atoms with E-state index in [1.165, 1.54) is 17.8 Å². The Morgan fingerprint density at radius 1 is 1.57 bits per heavy atom. The number of nitrogens with one attached hydrogen (secondary N) is 2. The topological polar surface area (TPSA) is 65.2 Å². The number of pyridine rings is 1. The fraction of sp³-hybridized carbons (Fsp3) is 0.529. The van der Waals surface area contributed by atoms with E-state index in [9.17, 15) is 9.59 Å². The van der Waals surface area contributed by atoms with Gasteiger partial charge in [0.1, 0.15) is 5.02 Å². The van der Waals surface area contributed by atoms with Crippen LogP contribution in [-0.4, -0.2) is 42.0 Å². The van der Waals surface area contributed by atoms with Gasteiger partial charge in [-0.15, -0.1) is 0 Å². The van der Waals surface area contributed by atoms with Gasteiger partial charge in [-0.2, -0.15) is 0 Å². The van der Waals surface area contributed by atoms with Crippen LogP contribution in [0.4, 0.5) is 0 Å². The average molecular weight is 338 g/mol. The van der Waals surface area contributed by atoms with Crippen molar-refractivity contribution >= 4 is 17.5 Å². The highest BCUT2D eigenvalue weighted by atomic mass is 35.5. The molecule has 23 heavy (non-hydrogen) atoms. The zero-order chi connectivity index (χ0) is 16.8. The number of allylic oxidation sites excluding steroid dienone is 1. The molecule has 1 atom stereocenters. The lowest BCUT2D eigenvalue weighted by atomic mass is 10.1. The molecule has 0 aromatic carbocycles. The second-order valence-electron chi connectivity index (χ2n) is 6.12. The number of nitrogens with zero attached hydrogens (tertiary/aromatic N) is 1. The number of rotatable bonds is 6. The summed E-state index contributed by atoms with van der Waals surface area (Å²) in [6.45, 7) is 8.03. The van der Waals surface area contributed by atoms with Gasteiger partial charge in [0.25, 0.3) is 11.5 Å². The molecule has 1 aliphatic rings. The van der Waals surface area contributed by atoms with Crippen molar-refractivity contribution in [3.8, 4) is 0 Å². The number of hydrogen-bond acceptors (Lipinski definition) is 3. The fourth-order valence-corrected chi connectivity index (χ4v) is 3.09. The van der Waals surface area contributed by atoms with E-state index in [0.29, 0.717) is 18.0 Å². The lowest BCUT2D eigenvalue weighted by Crippen LogP contribution is -2.31. The molecule has 0 radical (unpaired) electrons. The van der Waals surface area contributed by atoms with Crippen LogP contribution < -0.4 is 10.9 Å². The number of hydrogen-bond donors (Lipinski definition) is 2. The quantitative estimate of drug-likeness (QED) is 0.784. The second-order valence-corrected chi connectivity index (χ2v) is 6.53. The predicted molar refractivity (Wildman–Crippen MR) is 93.0 cm³/mol. The molecule has 0 spiro atoms. The van der Waals surface area contributed by atoms with Crippen molar-refractivity contribution in [3.05, 3.63) is 44.9 Å². The molecule has 1 saturated heterocycles. The normalized spacial score (nSPS) is 19.1. The van der Waals surface area contributed by atoms with Crippen LogP contribution in [0.3, 0.4) is 0 Å². The first-order valence-corrected chi connectivity index (χ1v) is 8.41. The molecule has 0 bridgehead atoms. The molecule has 1 aromatic rings. The Hall–Kier alpha value is -1.59. The Morgan fingerprint density at radius 2 is 2.35 bits per heavy atom. The Bertz CT molecular complexity index is 639. The van der Waals surface area contributed by atoms with Crippen molar-refractivity contribution in [2.75, 3.05) is 26.2 Å². The van der Waals surface area contributed by atoms with Crippen molar-refractivity contribution in [2.45, 2.75) is 26.7 Å². The molecule has 2 heterocycles. The van der Waals surface area contributed by atoms with Gasteiger partial charge in [-0.1, -0.05) is 30.2 Å². The Morgan fingerprint density at radius 3 is 3.04 bits per heavy atom. The summed E-state index contributed by atoms with van der Waals surface area (Å²) in [7, 11) is 0. The highest BCUT2D eigenvalue weighted by Gasteiger charge is 2.23.